The molecule has 0 bridgehead atoms. The van der Waals surface area contributed by atoms with Crippen LogP contribution in [0.15, 0.2) is 18.2 Å². The SMILES string of the molecule is CSCC(C)n1c(CCCl)nc2cc(F)ccc21. The second-order valence-electron chi connectivity index (χ2n) is 4.27. The highest BCUT2D eigenvalue weighted by molar-refractivity contribution is 7.98. The number of aromatic nitrogens is 2. The Kier molecular flexibility index (Phi) is 4.51. The first-order valence-corrected chi connectivity index (χ1v) is 7.81. The summed E-state index contributed by atoms with van der Waals surface area (Å²) in [6.07, 6.45) is 2.78. The van der Waals surface area contributed by atoms with Gasteiger partial charge in [0.15, 0.2) is 0 Å². The van der Waals surface area contributed by atoms with E-state index in [2.05, 4.69) is 22.7 Å². The lowest BCUT2D eigenvalue weighted by Crippen LogP contribution is -2.12. The number of imidazole rings is 1. The van der Waals surface area contributed by atoms with Gasteiger partial charge in [-0.3, -0.25) is 0 Å². The average molecular weight is 287 g/mol. The topological polar surface area (TPSA) is 17.8 Å². The molecule has 0 radical (unpaired) electrons. The van der Waals surface area contributed by atoms with Gasteiger partial charge in [0.25, 0.3) is 0 Å². The molecule has 0 saturated carbocycles. The zero-order valence-corrected chi connectivity index (χ0v) is 12.1. The van der Waals surface area contributed by atoms with Gasteiger partial charge in [-0.25, -0.2) is 9.37 Å². The number of hydrogen-bond donors (Lipinski definition) is 0. The average Bonchev–Trinajstić information content (AvgIpc) is 2.67. The van der Waals surface area contributed by atoms with E-state index in [0.717, 1.165) is 17.1 Å². The molecule has 0 aliphatic carbocycles. The lowest BCUT2D eigenvalue weighted by Gasteiger charge is -2.16. The summed E-state index contributed by atoms with van der Waals surface area (Å²) < 4.78 is 15.4. The Morgan fingerprint density at radius 3 is 2.94 bits per heavy atom. The fourth-order valence-electron chi connectivity index (χ4n) is 2.19. The Morgan fingerprint density at radius 2 is 2.28 bits per heavy atom. The predicted molar refractivity (Wildman–Crippen MR) is 77.2 cm³/mol. The number of hydrogen-bond acceptors (Lipinski definition) is 2. The molecule has 2 nitrogen and oxygen atoms in total. The van der Waals surface area contributed by atoms with Gasteiger partial charge in [-0.05, 0) is 25.3 Å². The molecular weight excluding hydrogens is 271 g/mol. The third-order valence-electron chi connectivity index (χ3n) is 2.89. The summed E-state index contributed by atoms with van der Waals surface area (Å²) in [5.74, 6) is 2.21. The summed E-state index contributed by atoms with van der Waals surface area (Å²) in [5.41, 5.74) is 1.70. The van der Waals surface area contributed by atoms with E-state index >= 15 is 0 Å². The maximum Gasteiger partial charge on any atom is 0.125 e. The van der Waals surface area contributed by atoms with Crippen molar-refractivity contribution >= 4 is 34.4 Å². The molecule has 0 fully saturated rings. The third-order valence-corrected chi connectivity index (χ3v) is 3.90. The van der Waals surface area contributed by atoms with Gasteiger partial charge in [0.1, 0.15) is 11.6 Å². The Morgan fingerprint density at radius 1 is 1.50 bits per heavy atom. The zero-order valence-electron chi connectivity index (χ0n) is 10.5. The number of fused-ring (bicyclic) bond motifs is 1. The number of nitrogens with zero attached hydrogens (tertiary/aromatic N) is 2. The first-order chi connectivity index (χ1) is 8.67. The summed E-state index contributed by atoms with van der Waals surface area (Å²) in [6, 6.07) is 5.09. The van der Waals surface area contributed by atoms with Crippen LogP contribution < -0.4 is 0 Å². The van der Waals surface area contributed by atoms with Crippen LogP contribution in [0.5, 0.6) is 0 Å². The van der Waals surface area contributed by atoms with Gasteiger partial charge in [0.2, 0.25) is 0 Å². The van der Waals surface area contributed by atoms with Gasteiger partial charge in [-0.15, -0.1) is 11.6 Å². The number of rotatable bonds is 5. The lowest BCUT2D eigenvalue weighted by atomic mass is 10.3. The Labute approximate surface area is 116 Å². The van der Waals surface area contributed by atoms with Crippen molar-refractivity contribution in [2.45, 2.75) is 19.4 Å². The van der Waals surface area contributed by atoms with E-state index in [1.807, 2.05) is 0 Å². The Balaban J connectivity index is 2.54. The number of aryl methyl sites for hydroxylation is 1. The van der Waals surface area contributed by atoms with E-state index in [9.17, 15) is 4.39 Å². The third kappa shape index (κ3) is 2.64. The summed E-state index contributed by atoms with van der Waals surface area (Å²) >= 11 is 7.61. The van der Waals surface area contributed by atoms with Gasteiger partial charge >= 0.3 is 0 Å². The minimum Gasteiger partial charge on any atom is -0.324 e. The van der Waals surface area contributed by atoms with Crippen LogP contribution >= 0.6 is 23.4 Å². The van der Waals surface area contributed by atoms with Crippen LogP contribution in [0.25, 0.3) is 11.0 Å². The molecule has 1 atom stereocenters. The van der Waals surface area contributed by atoms with Crippen molar-refractivity contribution in [3.63, 3.8) is 0 Å². The fraction of sp³-hybridized carbons (Fsp3) is 0.462. The highest BCUT2D eigenvalue weighted by Crippen LogP contribution is 2.24. The normalized spacial score (nSPS) is 13.1. The molecule has 0 N–H and O–H groups in total. The Bertz CT molecular complexity index is 541. The molecule has 18 heavy (non-hydrogen) atoms. The van der Waals surface area contributed by atoms with Crippen molar-refractivity contribution in [2.24, 2.45) is 0 Å². The van der Waals surface area contributed by atoms with Gasteiger partial charge in [0, 0.05) is 30.2 Å². The highest BCUT2D eigenvalue weighted by atomic mass is 35.5. The van der Waals surface area contributed by atoms with Crippen molar-refractivity contribution in [1.29, 1.82) is 0 Å². The molecule has 0 aliphatic rings. The summed E-state index contributed by atoms with van der Waals surface area (Å²) in [6.45, 7) is 2.15. The van der Waals surface area contributed by atoms with E-state index < -0.39 is 0 Å². The maximum absolute atomic E-state index is 13.2. The minimum atomic E-state index is -0.248. The van der Waals surface area contributed by atoms with Crippen molar-refractivity contribution in [3.05, 3.63) is 29.8 Å². The van der Waals surface area contributed by atoms with Crippen molar-refractivity contribution < 1.29 is 4.39 Å². The molecule has 0 spiro atoms. The van der Waals surface area contributed by atoms with Crippen molar-refractivity contribution in [3.8, 4) is 0 Å². The lowest BCUT2D eigenvalue weighted by molar-refractivity contribution is 0.597. The van der Waals surface area contributed by atoms with Crippen LogP contribution in [-0.4, -0.2) is 27.4 Å². The molecule has 5 heteroatoms. The van der Waals surface area contributed by atoms with Gasteiger partial charge in [0.05, 0.1) is 11.0 Å². The number of alkyl halides is 1. The molecule has 1 aromatic heterocycles. The first kappa shape index (κ1) is 13.7. The van der Waals surface area contributed by atoms with E-state index in [1.165, 1.54) is 12.1 Å². The van der Waals surface area contributed by atoms with Gasteiger partial charge in [-0.2, -0.15) is 11.8 Å². The largest absolute Gasteiger partial charge is 0.324 e. The Hall–Kier alpha value is -0.740. The van der Waals surface area contributed by atoms with E-state index in [-0.39, 0.29) is 5.82 Å². The molecule has 2 rings (SSSR count). The molecule has 0 aliphatic heterocycles. The summed E-state index contributed by atoms with van der Waals surface area (Å²) in [5, 5.41) is 0. The quantitative estimate of drug-likeness (QED) is 0.776. The maximum atomic E-state index is 13.2. The number of halogens is 2. The van der Waals surface area contributed by atoms with Crippen LogP contribution in [-0.2, 0) is 6.42 Å². The van der Waals surface area contributed by atoms with E-state index in [0.29, 0.717) is 23.9 Å². The van der Waals surface area contributed by atoms with Crippen LogP contribution in [0.4, 0.5) is 4.39 Å². The van der Waals surface area contributed by atoms with Gasteiger partial charge < -0.3 is 4.57 Å². The van der Waals surface area contributed by atoms with Gasteiger partial charge in [-0.1, -0.05) is 0 Å². The van der Waals surface area contributed by atoms with E-state index in [1.54, 1.807) is 17.8 Å². The zero-order chi connectivity index (χ0) is 13.1. The van der Waals surface area contributed by atoms with E-state index in [4.69, 9.17) is 11.6 Å². The fourth-order valence-corrected chi connectivity index (χ4v) is 2.99. The molecule has 98 valence electrons. The molecule has 1 unspecified atom stereocenters. The molecule has 2 aromatic rings. The van der Waals surface area contributed by atoms with Crippen molar-refractivity contribution in [1.82, 2.24) is 9.55 Å². The monoisotopic (exact) mass is 286 g/mol. The molecule has 1 heterocycles. The molecular formula is C13H16ClFN2S. The molecule has 0 saturated heterocycles. The molecule has 0 amide bonds. The van der Waals surface area contributed by atoms with Crippen LogP contribution in [0.1, 0.15) is 18.8 Å². The highest BCUT2D eigenvalue weighted by Gasteiger charge is 2.15. The second kappa shape index (κ2) is 5.93. The number of thioether (sulfide) groups is 1. The minimum absolute atomic E-state index is 0.248. The number of benzene rings is 1. The van der Waals surface area contributed by atoms with Crippen LogP contribution in [0.3, 0.4) is 0 Å². The van der Waals surface area contributed by atoms with Crippen LogP contribution in [0, 0.1) is 5.82 Å². The van der Waals surface area contributed by atoms with Crippen LogP contribution in [0.2, 0.25) is 0 Å². The van der Waals surface area contributed by atoms with Crippen molar-refractivity contribution in [2.75, 3.05) is 17.9 Å². The predicted octanol–water partition coefficient (Wildman–Crippen LogP) is 3.88. The summed E-state index contributed by atoms with van der Waals surface area (Å²) in [7, 11) is 0. The second-order valence-corrected chi connectivity index (χ2v) is 5.56. The molecule has 1 aromatic carbocycles. The first-order valence-electron chi connectivity index (χ1n) is 5.88. The standard InChI is InChI=1S/C13H16ClFN2S/c1-9(8-18-2)17-12-4-3-10(15)7-11(12)16-13(17)5-6-14/h3-4,7,9H,5-6,8H2,1-2H3. The smallest absolute Gasteiger partial charge is 0.125 e. The summed E-state index contributed by atoms with van der Waals surface area (Å²) in [4.78, 5) is 4.50.